The van der Waals surface area contributed by atoms with Crippen LogP contribution in [0.25, 0.3) is 0 Å². The predicted molar refractivity (Wildman–Crippen MR) is 65.0 cm³/mol. The summed E-state index contributed by atoms with van der Waals surface area (Å²) in [7, 11) is 0. The largest absolute Gasteiger partial charge is 0.353 e. The number of benzene rings is 1. The van der Waals surface area contributed by atoms with Crippen molar-refractivity contribution >= 4 is 29.1 Å². The summed E-state index contributed by atoms with van der Waals surface area (Å²) >= 11 is 11.8. The Morgan fingerprint density at radius 3 is 2.50 bits per heavy atom. The van der Waals surface area contributed by atoms with Gasteiger partial charge in [-0.1, -0.05) is 23.2 Å². The van der Waals surface area contributed by atoms with Gasteiger partial charge in [0.2, 0.25) is 5.91 Å². The highest BCUT2D eigenvalue weighted by Gasteiger charge is 2.21. The minimum atomic E-state index is -0.191. The van der Waals surface area contributed by atoms with Gasteiger partial charge in [-0.2, -0.15) is 0 Å². The molecule has 1 amide bonds. The molecule has 3 nitrogen and oxygen atoms in total. The van der Waals surface area contributed by atoms with Crippen LogP contribution in [0.4, 0.5) is 0 Å². The van der Waals surface area contributed by atoms with Gasteiger partial charge in [-0.15, -0.1) is 0 Å². The Kier molecular flexibility index (Phi) is 3.69. The van der Waals surface area contributed by atoms with Crippen LogP contribution in [-0.4, -0.2) is 25.0 Å². The summed E-state index contributed by atoms with van der Waals surface area (Å²) in [6, 6.07) is 5.15. The maximum atomic E-state index is 11.5. The predicted octanol–water partition coefficient (Wildman–Crippen LogP) is 1.62. The second-order valence-electron chi connectivity index (χ2n) is 3.78. The molecule has 1 heterocycles. The molecule has 2 rings (SSSR count). The highest BCUT2D eigenvalue weighted by molar-refractivity contribution is 6.34. The van der Waals surface area contributed by atoms with Crippen molar-refractivity contribution in [3.05, 3.63) is 33.8 Å². The fraction of sp³-hybridized carbons (Fsp3) is 0.364. The minimum Gasteiger partial charge on any atom is -0.353 e. The molecule has 1 saturated heterocycles. The summed E-state index contributed by atoms with van der Waals surface area (Å²) in [6.45, 7) is 1.48. The number of amides is 1. The number of carbonyl (C=O) groups excluding carboxylic acids is 1. The average molecular weight is 259 g/mol. The van der Waals surface area contributed by atoms with Crippen molar-refractivity contribution in [2.24, 2.45) is 0 Å². The van der Waals surface area contributed by atoms with Crippen molar-refractivity contribution in [3.8, 4) is 0 Å². The number of nitrogens with one attached hydrogen (secondary N) is 2. The number of carbonyl (C=O) groups is 1. The lowest BCUT2D eigenvalue weighted by Gasteiger charge is -2.23. The van der Waals surface area contributed by atoms with Gasteiger partial charge in [0, 0.05) is 23.1 Å². The van der Waals surface area contributed by atoms with Crippen molar-refractivity contribution in [3.63, 3.8) is 0 Å². The molecular formula is C11H12Cl2N2O. The van der Waals surface area contributed by atoms with E-state index >= 15 is 0 Å². The molecular weight excluding hydrogens is 247 g/mol. The highest BCUT2D eigenvalue weighted by Crippen LogP contribution is 2.20. The van der Waals surface area contributed by atoms with Gasteiger partial charge in [0.15, 0.2) is 0 Å². The second-order valence-corrected chi connectivity index (χ2v) is 4.65. The highest BCUT2D eigenvalue weighted by atomic mass is 35.5. The van der Waals surface area contributed by atoms with Crippen LogP contribution in [0, 0.1) is 0 Å². The third-order valence-corrected chi connectivity index (χ3v) is 2.93. The van der Waals surface area contributed by atoms with E-state index in [0.29, 0.717) is 23.0 Å². The molecule has 0 aromatic heterocycles. The van der Waals surface area contributed by atoms with E-state index in [4.69, 9.17) is 23.2 Å². The van der Waals surface area contributed by atoms with Crippen molar-refractivity contribution in [1.29, 1.82) is 0 Å². The first kappa shape index (κ1) is 11.7. The zero-order valence-corrected chi connectivity index (χ0v) is 10.1. The number of hydrogen-bond donors (Lipinski definition) is 2. The molecule has 0 saturated carbocycles. The average Bonchev–Trinajstić information content (AvgIpc) is 2.20. The molecule has 1 atom stereocenters. The molecule has 0 aliphatic carbocycles. The number of halogens is 2. The van der Waals surface area contributed by atoms with Gasteiger partial charge in [0.25, 0.3) is 0 Å². The summed E-state index contributed by atoms with van der Waals surface area (Å²) in [5.74, 6) is 0.0300. The fourth-order valence-electron chi connectivity index (χ4n) is 1.78. The first-order chi connectivity index (χ1) is 7.65. The SMILES string of the molecule is O=C1NCCNC1Cc1cc(Cl)cc(Cl)c1. The van der Waals surface area contributed by atoms with E-state index in [1.54, 1.807) is 6.07 Å². The van der Waals surface area contributed by atoms with E-state index in [1.165, 1.54) is 0 Å². The fourth-order valence-corrected chi connectivity index (χ4v) is 2.35. The van der Waals surface area contributed by atoms with Gasteiger partial charge in [0.05, 0.1) is 6.04 Å². The molecule has 86 valence electrons. The zero-order chi connectivity index (χ0) is 11.5. The topological polar surface area (TPSA) is 41.1 Å². The summed E-state index contributed by atoms with van der Waals surface area (Å²) in [5.41, 5.74) is 0.965. The van der Waals surface area contributed by atoms with Crippen molar-refractivity contribution < 1.29 is 4.79 Å². The quantitative estimate of drug-likeness (QED) is 0.847. The van der Waals surface area contributed by atoms with Gasteiger partial charge in [-0.25, -0.2) is 0 Å². The van der Waals surface area contributed by atoms with Gasteiger partial charge in [-0.05, 0) is 30.2 Å². The van der Waals surface area contributed by atoms with Gasteiger partial charge in [0.1, 0.15) is 0 Å². The smallest absolute Gasteiger partial charge is 0.237 e. The Morgan fingerprint density at radius 2 is 1.88 bits per heavy atom. The van der Waals surface area contributed by atoms with E-state index in [-0.39, 0.29) is 11.9 Å². The first-order valence-corrected chi connectivity index (χ1v) is 5.87. The first-order valence-electron chi connectivity index (χ1n) is 5.11. The molecule has 1 unspecified atom stereocenters. The van der Waals surface area contributed by atoms with Crippen molar-refractivity contribution in [2.45, 2.75) is 12.5 Å². The van der Waals surface area contributed by atoms with Crippen LogP contribution in [0.3, 0.4) is 0 Å². The Bertz CT molecular complexity index is 389. The molecule has 2 N–H and O–H groups in total. The van der Waals surface area contributed by atoms with Crippen molar-refractivity contribution in [2.75, 3.05) is 13.1 Å². The summed E-state index contributed by atoms with van der Waals surface area (Å²) in [6.07, 6.45) is 0.603. The van der Waals surface area contributed by atoms with Crippen LogP contribution in [0.2, 0.25) is 10.0 Å². The molecule has 1 aliphatic heterocycles. The van der Waals surface area contributed by atoms with Crippen LogP contribution in [-0.2, 0) is 11.2 Å². The number of hydrogen-bond acceptors (Lipinski definition) is 2. The molecule has 1 fully saturated rings. The molecule has 0 bridgehead atoms. The Morgan fingerprint density at radius 1 is 1.19 bits per heavy atom. The molecule has 16 heavy (non-hydrogen) atoms. The molecule has 1 aromatic carbocycles. The second kappa shape index (κ2) is 5.04. The summed E-state index contributed by atoms with van der Waals surface area (Å²) < 4.78 is 0. The van der Waals surface area contributed by atoms with Crippen LogP contribution >= 0.6 is 23.2 Å². The van der Waals surface area contributed by atoms with Crippen molar-refractivity contribution in [1.82, 2.24) is 10.6 Å². The van der Waals surface area contributed by atoms with E-state index < -0.39 is 0 Å². The molecule has 5 heteroatoms. The Labute approximate surface area is 104 Å². The van der Waals surface area contributed by atoms with E-state index in [2.05, 4.69) is 10.6 Å². The van der Waals surface area contributed by atoms with E-state index in [0.717, 1.165) is 12.1 Å². The summed E-state index contributed by atoms with van der Waals surface area (Å²) in [4.78, 5) is 11.5. The monoisotopic (exact) mass is 258 g/mol. The van der Waals surface area contributed by atoms with E-state index in [1.807, 2.05) is 12.1 Å². The third kappa shape index (κ3) is 2.88. The molecule has 1 aliphatic rings. The van der Waals surface area contributed by atoms with Crippen LogP contribution < -0.4 is 10.6 Å². The lowest BCUT2D eigenvalue weighted by Crippen LogP contribution is -2.53. The van der Waals surface area contributed by atoms with Gasteiger partial charge in [-0.3, -0.25) is 4.79 Å². The van der Waals surface area contributed by atoms with Crippen LogP contribution in [0.5, 0.6) is 0 Å². The maximum absolute atomic E-state index is 11.5. The number of rotatable bonds is 2. The van der Waals surface area contributed by atoms with E-state index in [9.17, 15) is 4.79 Å². The third-order valence-electron chi connectivity index (χ3n) is 2.49. The Balaban J connectivity index is 2.10. The zero-order valence-electron chi connectivity index (χ0n) is 8.59. The molecule has 1 aromatic rings. The van der Waals surface area contributed by atoms with Crippen LogP contribution in [0.15, 0.2) is 18.2 Å². The lowest BCUT2D eigenvalue weighted by atomic mass is 10.0. The van der Waals surface area contributed by atoms with Gasteiger partial charge >= 0.3 is 0 Å². The molecule has 0 radical (unpaired) electrons. The summed E-state index contributed by atoms with van der Waals surface area (Å²) in [5, 5.41) is 7.16. The lowest BCUT2D eigenvalue weighted by molar-refractivity contribution is -0.124. The van der Waals surface area contributed by atoms with Crippen LogP contribution in [0.1, 0.15) is 5.56 Å². The maximum Gasteiger partial charge on any atom is 0.237 e. The Hall–Kier alpha value is -0.770. The minimum absolute atomic E-state index is 0.0300. The standard InChI is InChI=1S/C11H12Cl2N2O/c12-8-3-7(4-9(13)6-8)5-10-11(16)15-2-1-14-10/h3-4,6,10,14H,1-2,5H2,(H,15,16). The van der Waals surface area contributed by atoms with Gasteiger partial charge < -0.3 is 10.6 Å². The normalized spacial score (nSPS) is 20.6. The number of piperazine rings is 1. The molecule has 0 spiro atoms.